The lowest BCUT2D eigenvalue weighted by Crippen LogP contribution is -2.27. The summed E-state index contributed by atoms with van der Waals surface area (Å²) in [6.45, 7) is 6.28. The average molecular weight is 470 g/mol. The Morgan fingerprint density at radius 3 is 2.13 bits per heavy atom. The van der Waals surface area contributed by atoms with Gasteiger partial charge in [0.25, 0.3) is 5.91 Å². The number of benzene rings is 2. The molecule has 0 atom stereocenters. The zero-order chi connectivity index (χ0) is 23.0. The number of imidazole rings is 1. The molecule has 0 aliphatic carbocycles. The number of halogens is 5. The van der Waals surface area contributed by atoms with Gasteiger partial charge >= 0.3 is 6.18 Å². The first-order valence-electron chi connectivity index (χ1n) is 9.36. The minimum atomic E-state index is -4.86. The third kappa shape index (κ3) is 5.05. The van der Waals surface area contributed by atoms with Crippen molar-refractivity contribution < 1.29 is 18.0 Å². The van der Waals surface area contributed by atoms with Gasteiger partial charge in [-0.3, -0.25) is 9.36 Å². The number of amides is 1. The van der Waals surface area contributed by atoms with E-state index in [2.05, 4.69) is 31.1 Å². The molecule has 0 aliphatic rings. The number of rotatable bonds is 4. The first kappa shape index (κ1) is 23.2. The van der Waals surface area contributed by atoms with Crippen LogP contribution in [0, 0.1) is 0 Å². The van der Waals surface area contributed by atoms with Crippen LogP contribution < -0.4 is 5.32 Å². The maximum Gasteiger partial charge on any atom is 0.434 e. The van der Waals surface area contributed by atoms with E-state index in [1.807, 2.05) is 24.3 Å². The number of carbonyl (C=O) groups is 1. The largest absolute Gasteiger partial charge is 0.434 e. The van der Waals surface area contributed by atoms with Gasteiger partial charge in [-0.1, -0.05) is 74.3 Å². The first-order chi connectivity index (χ1) is 14.4. The molecule has 0 radical (unpaired) electrons. The Bertz CT molecular complexity index is 1080. The highest BCUT2D eigenvalue weighted by atomic mass is 35.5. The molecule has 164 valence electrons. The highest BCUT2D eigenvalue weighted by Crippen LogP contribution is 2.37. The molecule has 0 unspecified atom stereocenters. The van der Waals surface area contributed by atoms with Crippen LogP contribution in [0.25, 0.3) is 5.69 Å². The fourth-order valence-electron chi connectivity index (χ4n) is 3.06. The van der Waals surface area contributed by atoms with Gasteiger partial charge in [-0.15, -0.1) is 0 Å². The molecule has 0 saturated carbocycles. The third-order valence-electron chi connectivity index (χ3n) is 4.70. The molecule has 0 fully saturated rings. The summed E-state index contributed by atoms with van der Waals surface area (Å²) in [7, 11) is 0. The van der Waals surface area contributed by atoms with Crippen LogP contribution in [0.4, 0.5) is 13.2 Å². The van der Waals surface area contributed by atoms with Gasteiger partial charge in [0.15, 0.2) is 11.4 Å². The molecule has 1 amide bonds. The monoisotopic (exact) mass is 469 g/mol. The highest BCUT2D eigenvalue weighted by molar-refractivity contribution is 6.37. The molecule has 9 heteroatoms. The van der Waals surface area contributed by atoms with Gasteiger partial charge < -0.3 is 5.32 Å². The standard InChI is InChI=1S/C22H20Cl2F3N3O/c1-21(2,3)14-9-7-13(8-10-14)11-28-20(31)17-19(22(25,26)27)30(12-29-17)18-15(23)5-4-6-16(18)24/h4-10,12H,11H2,1-3H3,(H,28,31). The van der Waals surface area contributed by atoms with Crippen molar-refractivity contribution >= 4 is 29.1 Å². The lowest BCUT2D eigenvalue weighted by atomic mass is 9.87. The zero-order valence-electron chi connectivity index (χ0n) is 17.0. The molecular weight excluding hydrogens is 450 g/mol. The molecule has 3 rings (SSSR count). The summed E-state index contributed by atoms with van der Waals surface area (Å²) < 4.78 is 42.2. The van der Waals surface area contributed by atoms with Crippen LogP contribution in [0.1, 0.15) is 48.1 Å². The number of nitrogens with one attached hydrogen (secondary N) is 1. The Morgan fingerprint density at radius 2 is 1.61 bits per heavy atom. The van der Waals surface area contributed by atoms with Gasteiger partial charge in [-0.25, -0.2) is 4.98 Å². The predicted molar refractivity (Wildman–Crippen MR) is 115 cm³/mol. The summed E-state index contributed by atoms with van der Waals surface area (Å²) in [6.07, 6.45) is -3.97. The minimum Gasteiger partial charge on any atom is -0.347 e. The van der Waals surface area contributed by atoms with E-state index in [0.29, 0.717) is 4.57 Å². The van der Waals surface area contributed by atoms with Crippen LogP contribution in [-0.4, -0.2) is 15.5 Å². The van der Waals surface area contributed by atoms with Crippen LogP contribution in [0.2, 0.25) is 10.0 Å². The summed E-state index contributed by atoms with van der Waals surface area (Å²) in [4.78, 5) is 16.3. The van der Waals surface area contributed by atoms with E-state index >= 15 is 0 Å². The summed E-state index contributed by atoms with van der Waals surface area (Å²) in [5.74, 6) is -0.950. The molecule has 4 nitrogen and oxygen atoms in total. The van der Waals surface area contributed by atoms with Crippen molar-refractivity contribution in [2.75, 3.05) is 0 Å². The second kappa shape index (κ2) is 8.55. The highest BCUT2D eigenvalue weighted by Gasteiger charge is 2.41. The number of aromatic nitrogens is 2. The smallest absolute Gasteiger partial charge is 0.347 e. The predicted octanol–water partition coefficient (Wildman–Crippen LogP) is 6.43. The lowest BCUT2D eigenvalue weighted by molar-refractivity contribution is -0.142. The van der Waals surface area contributed by atoms with E-state index in [9.17, 15) is 18.0 Å². The average Bonchev–Trinajstić information content (AvgIpc) is 3.11. The zero-order valence-corrected chi connectivity index (χ0v) is 18.5. The van der Waals surface area contributed by atoms with Crippen LogP contribution in [0.5, 0.6) is 0 Å². The molecule has 3 aromatic rings. The molecule has 2 aromatic carbocycles. The van der Waals surface area contributed by atoms with Crippen molar-refractivity contribution in [1.82, 2.24) is 14.9 Å². The molecule has 0 aliphatic heterocycles. The number of para-hydroxylation sites is 1. The molecule has 1 N–H and O–H groups in total. The van der Waals surface area contributed by atoms with E-state index in [-0.39, 0.29) is 27.7 Å². The maximum absolute atomic E-state index is 13.8. The Balaban J connectivity index is 1.89. The number of carbonyl (C=O) groups excluding carboxylic acids is 1. The first-order valence-corrected chi connectivity index (χ1v) is 10.1. The Hall–Kier alpha value is -2.51. The molecule has 1 aromatic heterocycles. The van der Waals surface area contributed by atoms with Crippen molar-refractivity contribution in [3.8, 4) is 5.69 Å². The van der Waals surface area contributed by atoms with Crippen molar-refractivity contribution in [3.05, 3.63) is 81.4 Å². The lowest BCUT2D eigenvalue weighted by Gasteiger charge is -2.19. The van der Waals surface area contributed by atoms with Gasteiger partial charge in [0.05, 0.1) is 15.7 Å². The number of nitrogens with zero attached hydrogens (tertiary/aromatic N) is 2. The van der Waals surface area contributed by atoms with E-state index in [1.54, 1.807) is 0 Å². The molecule has 0 spiro atoms. The summed E-state index contributed by atoms with van der Waals surface area (Å²) in [5.41, 5.74) is -0.267. The Morgan fingerprint density at radius 1 is 1.03 bits per heavy atom. The van der Waals surface area contributed by atoms with E-state index in [4.69, 9.17) is 23.2 Å². The molecule has 0 saturated heterocycles. The fraction of sp³-hybridized carbons (Fsp3) is 0.273. The second-order valence-corrected chi connectivity index (χ2v) is 8.82. The summed E-state index contributed by atoms with van der Waals surface area (Å²) in [6, 6.07) is 11.8. The van der Waals surface area contributed by atoms with Gasteiger partial charge in [-0.2, -0.15) is 13.2 Å². The van der Waals surface area contributed by atoms with E-state index in [0.717, 1.165) is 17.5 Å². The van der Waals surface area contributed by atoms with Crippen molar-refractivity contribution in [1.29, 1.82) is 0 Å². The van der Waals surface area contributed by atoms with Crippen LogP contribution >= 0.6 is 23.2 Å². The summed E-state index contributed by atoms with van der Waals surface area (Å²) in [5, 5.41) is 2.50. The maximum atomic E-state index is 13.8. The molecule has 31 heavy (non-hydrogen) atoms. The van der Waals surface area contributed by atoms with Crippen LogP contribution in [-0.2, 0) is 18.1 Å². The van der Waals surface area contributed by atoms with Gasteiger partial charge in [0.2, 0.25) is 0 Å². The third-order valence-corrected chi connectivity index (χ3v) is 5.31. The Labute approximate surface area is 188 Å². The van der Waals surface area contributed by atoms with E-state index < -0.39 is 23.5 Å². The Kier molecular flexibility index (Phi) is 6.39. The molecule has 1 heterocycles. The topological polar surface area (TPSA) is 46.9 Å². The normalized spacial score (nSPS) is 12.1. The minimum absolute atomic E-state index is 0.00120. The molecular formula is C22H20Cl2F3N3O. The number of hydrogen-bond donors (Lipinski definition) is 1. The summed E-state index contributed by atoms with van der Waals surface area (Å²) >= 11 is 12.1. The van der Waals surface area contributed by atoms with Gasteiger partial charge in [0, 0.05) is 6.54 Å². The fourth-order valence-corrected chi connectivity index (χ4v) is 3.64. The van der Waals surface area contributed by atoms with Crippen LogP contribution in [0.3, 0.4) is 0 Å². The van der Waals surface area contributed by atoms with Crippen molar-refractivity contribution in [2.45, 2.75) is 38.9 Å². The second-order valence-electron chi connectivity index (χ2n) is 8.01. The SMILES string of the molecule is CC(C)(C)c1ccc(CNC(=O)c2ncn(-c3c(Cl)cccc3Cl)c2C(F)(F)F)cc1. The van der Waals surface area contributed by atoms with Crippen molar-refractivity contribution in [2.24, 2.45) is 0 Å². The quantitative estimate of drug-likeness (QED) is 0.478. The van der Waals surface area contributed by atoms with E-state index in [1.165, 1.54) is 18.2 Å². The van der Waals surface area contributed by atoms with Gasteiger partial charge in [0.1, 0.15) is 6.33 Å². The number of alkyl halides is 3. The number of hydrogen-bond acceptors (Lipinski definition) is 2. The van der Waals surface area contributed by atoms with Crippen LogP contribution in [0.15, 0.2) is 48.8 Å². The van der Waals surface area contributed by atoms with Crippen molar-refractivity contribution in [3.63, 3.8) is 0 Å². The molecule has 0 bridgehead atoms. The van der Waals surface area contributed by atoms with Gasteiger partial charge in [-0.05, 0) is 28.7 Å².